The Morgan fingerprint density at radius 1 is 1.10 bits per heavy atom. The van der Waals surface area contributed by atoms with Crippen LogP contribution >= 0.6 is 11.3 Å². The number of carbonyl (C=O) groups is 1. The summed E-state index contributed by atoms with van der Waals surface area (Å²) in [7, 11) is 0. The van der Waals surface area contributed by atoms with Gasteiger partial charge < -0.3 is 5.32 Å². The fourth-order valence-corrected chi connectivity index (χ4v) is 5.06. The molecule has 2 aromatic carbocycles. The third-order valence-electron chi connectivity index (χ3n) is 5.59. The predicted molar refractivity (Wildman–Crippen MR) is 128 cm³/mol. The van der Waals surface area contributed by atoms with Gasteiger partial charge in [0.2, 0.25) is 0 Å². The molecule has 0 unspecified atom stereocenters. The number of carbonyl (C=O) groups excluding carboxylic acids is 1. The highest BCUT2D eigenvalue weighted by molar-refractivity contribution is 7.16. The van der Waals surface area contributed by atoms with Crippen molar-refractivity contribution in [2.45, 2.75) is 34.1 Å². The smallest absolute Gasteiger partial charge is 0.257 e. The third-order valence-corrected chi connectivity index (χ3v) is 6.65. The molecule has 31 heavy (non-hydrogen) atoms. The average Bonchev–Trinajstić information content (AvgIpc) is 3.07. The molecule has 4 nitrogen and oxygen atoms in total. The van der Waals surface area contributed by atoms with Crippen LogP contribution in [-0.2, 0) is 6.42 Å². The summed E-state index contributed by atoms with van der Waals surface area (Å²) in [6, 6.07) is 18.1. The van der Waals surface area contributed by atoms with Crippen molar-refractivity contribution >= 4 is 33.1 Å². The first-order valence-corrected chi connectivity index (χ1v) is 11.1. The lowest BCUT2D eigenvalue weighted by atomic mass is 9.96. The van der Waals surface area contributed by atoms with Crippen molar-refractivity contribution in [3.8, 4) is 17.3 Å². The summed E-state index contributed by atoms with van der Waals surface area (Å²) < 4.78 is 0. The molecule has 1 N–H and O–H groups in total. The average molecular weight is 426 g/mol. The van der Waals surface area contributed by atoms with E-state index in [1.807, 2.05) is 76.2 Å². The number of para-hydroxylation sites is 1. The molecular formula is C26H23N3OS. The maximum absolute atomic E-state index is 13.5. The fraction of sp³-hybridized carbons (Fsp3) is 0.192. The number of anilines is 1. The van der Waals surface area contributed by atoms with Crippen LogP contribution in [0.1, 0.15) is 44.4 Å². The van der Waals surface area contributed by atoms with E-state index in [4.69, 9.17) is 4.98 Å². The van der Waals surface area contributed by atoms with Crippen molar-refractivity contribution in [3.63, 3.8) is 0 Å². The topological polar surface area (TPSA) is 65.8 Å². The highest BCUT2D eigenvalue weighted by atomic mass is 32.1. The van der Waals surface area contributed by atoms with E-state index in [0.717, 1.165) is 44.6 Å². The van der Waals surface area contributed by atoms with Crippen LogP contribution in [0.15, 0.2) is 48.5 Å². The molecule has 0 aliphatic carbocycles. The lowest BCUT2D eigenvalue weighted by Gasteiger charge is -2.15. The Morgan fingerprint density at radius 3 is 2.48 bits per heavy atom. The van der Waals surface area contributed by atoms with Gasteiger partial charge >= 0.3 is 0 Å². The SMILES string of the molecule is CCc1c(C)sc(NC(=O)c2c(C)c(-c3ccc(C)cc3)nc3ccccc23)c1C#N. The number of nitrogens with zero attached hydrogens (tertiary/aromatic N) is 2. The van der Waals surface area contributed by atoms with Crippen LogP contribution in [0.3, 0.4) is 0 Å². The first-order chi connectivity index (χ1) is 14.9. The Morgan fingerprint density at radius 2 is 1.81 bits per heavy atom. The van der Waals surface area contributed by atoms with Crippen LogP contribution in [0.25, 0.3) is 22.2 Å². The lowest BCUT2D eigenvalue weighted by Crippen LogP contribution is -2.15. The molecule has 2 aromatic heterocycles. The minimum atomic E-state index is -0.218. The first kappa shape index (κ1) is 20.8. The molecule has 0 saturated heterocycles. The van der Waals surface area contributed by atoms with Crippen LogP contribution < -0.4 is 5.32 Å². The van der Waals surface area contributed by atoms with E-state index in [1.165, 1.54) is 16.9 Å². The number of thiophene rings is 1. The summed E-state index contributed by atoms with van der Waals surface area (Å²) in [6.07, 6.45) is 0.760. The molecule has 4 rings (SSSR count). The van der Waals surface area contributed by atoms with Crippen LogP contribution in [-0.4, -0.2) is 10.9 Å². The van der Waals surface area contributed by atoms with Gasteiger partial charge in [-0.2, -0.15) is 5.26 Å². The molecule has 0 aliphatic heterocycles. The van der Waals surface area contributed by atoms with Crippen molar-refractivity contribution in [1.82, 2.24) is 4.98 Å². The quantitative estimate of drug-likeness (QED) is 0.402. The minimum Gasteiger partial charge on any atom is -0.312 e. The third kappa shape index (κ3) is 3.71. The lowest BCUT2D eigenvalue weighted by molar-refractivity contribution is 0.102. The first-order valence-electron chi connectivity index (χ1n) is 10.2. The van der Waals surface area contributed by atoms with Gasteiger partial charge in [0.05, 0.1) is 22.3 Å². The van der Waals surface area contributed by atoms with Gasteiger partial charge in [-0.05, 0) is 44.4 Å². The van der Waals surface area contributed by atoms with E-state index in [1.54, 1.807) is 0 Å². The number of hydrogen-bond acceptors (Lipinski definition) is 4. The Hall–Kier alpha value is -3.49. The monoisotopic (exact) mass is 425 g/mol. The number of aryl methyl sites for hydroxylation is 2. The Bertz CT molecular complexity index is 1340. The van der Waals surface area contributed by atoms with E-state index < -0.39 is 0 Å². The summed E-state index contributed by atoms with van der Waals surface area (Å²) in [5.41, 5.74) is 6.68. The molecule has 0 bridgehead atoms. The van der Waals surface area contributed by atoms with Gasteiger partial charge in [0.1, 0.15) is 11.1 Å². The molecule has 5 heteroatoms. The molecular weight excluding hydrogens is 402 g/mol. The van der Waals surface area contributed by atoms with Gasteiger partial charge in [-0.15, -0.1) is 11.3 Å². The number of fused-ring (bicyclic) bond motifs is 1. The molecule has 1 amide bonds. The number of aromatic nitrogens is 1. The van der Waals surface area contributed by atoms with Gasteiger partial charge in [0.25, 0.3) is 5.91 Å². The van der Waals surface area contributed by atoms with Crippen molar-refractivity contribution in [2.75, 3.05) is 5.32 Å². The molecule has 0 aliphatic rings. The predicted octanol–water partition coefficient (Wildman–Crippen LogP) is 6.57. The zero-order valence-corrected chi connectivity index (χ0v) is 18.9. The Kier molecular flexibility index (Phi) is 5.58. The summed E-state index contributed by atoms with van der Waals surface area (Å²) in [4.78, 5) is 19.4. The number of pyridine rings is 1. The summed E-state index contributed by atoms with van der Waals surface area (Å²) in [6.45, 7) is 7.99. The molecule has 0 fully saturated rings. The Labute approximate surface area is 186 Å². The standard InChI is InChI=1S/C26H23N3OS/c1-5-19-17(4)31-26(21(19)14-27)29-25(30)23-16(3)24(18-12-10-15(2)11-13-18)28-22-9-7-6-8-20(22)23/h6-13H,5H2,1-4H3,(H,29,30). The molecule has 2 heterocycles. The minimum absolute atomic E-state index is 0.218. The zero-order valence-electron chi connectivity index (χ0n) is 18.0. The van der Waals surface area contributed by atoms with Gasteiger partial charge in [-0.1, -0.05) is 55.0 Å². The summed E-state index contributed by atoms with van der Waals surface area (Å²) >= 11 is 1.46. The molecule has 0 spiro atoms. The maximum Gasteiger partial charge on any atom is 0.257 e. The van der Waals surface area contributed by atoms with Crippen molar-refractivity contribution in [2.24, 2.45) is 0 Å². The number of nitrogens with one attached hydrogen (secondary N) is 1. The molecule has 0 radical (unpaired) electrons. The second kappa shape index (κ2) is 8.33. The Balaban J connectivity index is 1.87. The van der Waals surface area contributed by atoms with E-state index in [0.29, 0.717) is 16.1 Å². The zero-order chi connectivity index (χ0) is 22.1. The second-order valence-corrected chi connectivity index (χ2v) is 8.83. The van der Waals surface area contributed by atoms with Crippen molar-refractivity contribution in [3.05, 3.63) is 81.2 Å². The van der Waals surface area contributed by atoms with Gasteiger partial charge in [0.15, 0.2) is 0 Å². The van der Waals surface area contributed by atoms with Crippen LogP contribution in [0.5, 0.6) is 0 Å². The number of amides is 1. The van der Waals surface area contributed by atoms with Gasteiger partial charge in [-0.25, -0.2) is 4.98 Å². The second-order valence-electron chi connectivity index (χ2n) is 7.60. The maximum atomic E-state index is 13.5. The van der Waals surface area contributed by atoms with E-state index >= 15 is 0 Å². The van der Waals surface area contributed by atoms with Gasteiger partial charge in [0, 0.05) is 15.8 Å². The number of benzene rings is 2. The van der Waals surface area contributed by atoms with Crippen LogP contribution in [0.4, 0.5) is 5.00 Å². The van der Waals surface area contributed by atoms with Gasteiger partial charge in [-0.3, -0.25) is 4.79 Å². The normalized spacial score (nSPS) is 10.8. The number of hydrogen-bond donors (Lipinski definition) is 1. The van der Waals surface area contributed by atoms with E-state index in [2.05, 4.69) is 11.4 Å². The van der Waals surface area contributed by atoms with Crippen LogP contribution in [0, 0.1) is 32.1 Å². The fourth-order valence-electron chi connectivity index (χ4n) is 3.97. The van der Waals surface area contributed by atoms with E-state index in [-0.39, 0.29) is 5.91 Å². The summed E-state index contributed by atoms with van der Waals surface area (Å²) in [5, 5.41) is 14.1. The number of rotatable bonds is 4. The van der Waals surface area contributed by atoms with Crippen LogP contribution in [0.2, 0.25) is 0 Å². The molecule has 4 aromatic rings. The molecule has 0 saturated carbocycles. The summed E-state index contributed by atoms with van der Waals surface area (Å²) in [5.74, 6) is -0.218. The van der Waals surface area contributed by atoms with Crippen molar-refractivity contribution < 1.29 is 4.79 Å². The number of nitriles is 1. The van der Waals surface area contributed by atoms with Crippen molar-refractivity contribution in [1.29, 1.82) is 5.26 Å². The van der Waals surface area contributed by atoms with E-state index in [9.17, 15) is 10.1 Å². The molecule has 154 valence electrons. The largest absolute Gasteiger partial charge is 0.312 e. The highest BCUT2D eigenvalue weighted by Gasteiger charge is 2.22. The molecule has 0 atom stereocenters. The highest BCUT2D eigenvalue weighted by Crippen LogP contribution is 2.35.